The van der Waals surface area contributed by atoms with Gasteiger partial charge in [0.15, 0.2) is 0 Å². The Labute approximate surface area is 235 Å². The van der Waals surface area contributed by atoms with Gasteiger partial charge in [-0.3, -0.25) is 14.5 Å². The second kappa shape index (κ2) is 15.0. The minimum atomic E-state index is -1.26. The van der Waals surface area contributed by atoms with Crippen LogP contribution in [0.15, 0.2) is 60.8 Å². The van der Waals surface area contributed by atoms with Crippen LogP contribution in [-0.4, -0.2) is 82.0 Å². The number of aromatic nitrogens is 1. The number of aliphatic carboxylic acids is 2. The molecule has 1 atom stereocenters. The Kier molecular flexibility index (Phi) is 11.7. The third-order valence-corrected chi connectivity index (χ3v) is 6.15. The number of urea groups is 1. The van der Waals surface area contributed by atoms with Crippen molar-refractivity contribution >= 4 is 40.7 Å². The van der Waals surface area contributed by atoms with E-state index < -0.39 is 24.0 Å². The van der Waals surface area contributed by atoms with Crippen molar-refractivity contribution in [1.29, 1.82) is 0 Å². The summed E-state index contributed by atoms with van der Waals surface area (Å²) in [6.07, 6.45) is 4.46. The van der Waals surface area contributed by atoms with E-state index in [0.29, 0.717) is 24.1 Å². The zero-order chi connectivity index (χ0) is 29.2. The molecule has 0 radical (unpaired) electrons. The van der Waals surface area contributed by atoms with E-state index in [-0.39, 0.29) is 23.8 Å². The summed E-state index contributed by atoms with van der Waals surface area (Å²) in [6, 6.07) is 12.0. The van der Waals surface area contributed by atoms with Crippen molar-refractivity contribution in [2.75, 3.05) is 20.6 Å². The molecule has 41 heavy (non-hydrogen) atoms. The second-order valence-corrected chi connectivity index (χ2v) is 8.97. The number of carboxylic acid groups (broad SMARTS) is 2. The molecule has 4 rings (SSSR count). The Morgan fingerprint density at radius 2 is 1.71 bits per heavy atom. The molecule has 218 valence electrons. The first-order valence-electron chi connectivity index (χ1n) is 12.4. The second-order valence-electron chi connectivity index (χ2n) is 8.97. The molecular formula is C28H33N5O8. The maximum absolute atomic E-state index is 13.0. The number of carbonyl (C=O) groups is 5. The van der Waals surface area contributed by atoms with Crippen molar-refractivity contribution in [2.24, 2.45) is 0 Å². The lowest BCUT2D eigenvalue weighted by molar-refractivity contribution is -0.134. The number of H-pyrrole nitrogens is 1. The van der Waals surface area contributed by atoms with Crippen LogP contribution in [0.25, 0.3) is 10.9 Å². The zero-order valence-electron chi connectivity index (χ0n) is 22.6. The molecule has 1 unspecified atom stereocenters. The van der Waals surface area contributed by atoms with Gasteiger partial charge in [0.05, 0.1) is 6.54 Å². The Bertz CT molecular complexity index is 1430. The summed E-state index contributed by atoms with van der Waals surface area (Å²) in [4.78, 5) is 60.9. The van der Waals surface area contributed by atoms with Gasteiger partial charge in [-0.1, -0.05) is 18.2 Å². The fourth-order valence-corrected chi connectivity index (χ4v) is 4.20. The highest BCUT2D eigenvalue weighted by Crippen LogP contribution is 2.23. The third kappa shape index (κ3) is 8.74. The molecule has 4 amide bonds. The van der Waals surface area contributed by atoms with Crippen LogP contribution in [0.5, 0.6) is 0 Å². The lowest BCUT2D eigenvalue weighted by Gasteiger charge is -2.14. The third-order valence-electron chi connectivity index (χ3n) is 6.15. The molecule has 0 bridgehead atoms. The van der Waals surface area contributed by atoms with Gasteiger partial charge < -0.3 is 36.6 Å². The van der Waals surface area contributed by atoms with Gasteiger partial charge in [-0.2, -0.15) is 0 Å². The van der Waals surface area contributed by atoms with Crippen LogP contribution in [0.3, 0.4) is 0 Å². The molecule has 8 N–H and O–H groups in total. The van der Waals surface area contributed by atoms with Gasteiger partial charge in [0.2, 0.25) is 0 Å². The van der Waals surface area contributed by atoms with Gasteiger partial charge in [-0.15, -0.1) is 0 Å². The van der Waals surface area contributed by atoms with E-state index in [1.54, 1.807) is 31.3 Å². The van der Waals surface area contributed by atoms with Crippen LogP contribution in [0.4, 0.5) is 4.79 Å². The standard InChI is InChI=1S/C24H27N5O3.C4H4O4.H2O/c1-25-9-8-18-13-27-20-7-6-15(11-19(18)20)12-21-23(31)29(24(32)28-21)14-16-4-3-5-17(10-16)22(30)26-2;5-3(6)1-2-4(7)8;/h3-7,10-11,13,21,25,27H,8-9,12,14H2,1-2H3,(H,26,30)(H,28,32);1-2H,(H,5,6)(H,7,8);1H2/b;2-1-;. The van der Waals surface area contributed by atoms with Gasteiger partial charge in [0.1, 0.15) is 6.04 Å². The monoisotopic (exact) mass is 567 g/mol. The Morgan fingerprint density at radius 3 is 2.34 bits per heavy atom. The average molecular weight is 568 g/mol. The van der Waals surface area contributed by atoms with Crippen LogP contribution in [0.2, 0.25) is 0 Å². The van der Waals surface area contributed by atoms with E-state index in [0.717, 1.165) is 35.0 Å². The number of nitrogens with zero attached hydrogens (tertiary/aromatic N) is 1. The Balaban J connectivity index is 0.000000574. The first kappa shape index (κ1) is 32.2. The van der Waals surface area contributed by atoms with Crippen LogP contribution < -0.4 is 16.0 Å². The van der Waals surface area contributed by atoms with E-state index in [1.165, 1.54) is 10.5 Å². The average Bonchev–Trinajstić information content (AvgIpc) is 3.46. The molecule has 2 aromatic carbocycles. The number of rotatable bonds is 10. The van der Waals surface area contributed by atoms with Gasteiger partial charge in [-0.25, -0.2) is 14.4 Å². The predicted molar refractivity (Wildman–Crippen MR) is 150 cm³/mol. The number of amides is 4. The summed E-state index contributed by atoms with van der Waals surface area (Å²) in [6.45, 7) is 1.00. The molecule has 0 saturated carbocycles. The van der Waals surface area contributed by atoms with Crippen LogP contribution in [0.1, 0.15) is 27.0 Å². The molecule has 1 fully saturated rings. The van der Waals surface area contributed by atoms with Crippen molar-refractivity contribution in [2.45, 2.75) is 25.4 Å². The Hall–Kier alpha value is -5.01. The first-order chi connectivity index (χ1) is 19.1. The molecule has 0 aliphatic carbocycles. The molecule has 2 heterocycles. The zero-order valence-corrected chi connectivity index (χ0v) is 22.6. The molecule has 13 heteroatoms. The summed E-state index contributed by atoms with van der Waals surface area (Å²) >= 11 is 0. The summed E-state index contributed by atoms with van der Waals surface area (Å²) in [7, 11) is 3.49. The van der Waals surface area contributed by atoms with Gasteiger partial charge in [0.25, 0.3) is 11.8 Å². The normalized spacial score (nSPS) is 14.3. The lowest BCUT2D eigenvalue weighted by atomic mass is 10.0. The molecule has 1 aliphatic heterocycles. The summed E-state index contributed by atoms with van der Waals surface area (Å²) in [5.41, 5.74) is 4.47. The highest BCUT2D eigenvalue weighted by molar-refractivity contribution is 6.04. The minimum Gasteiger partial charge on any atom is -0.478 e. The van der Waals surface area contributed by atoms with Gasteiger partial charge in [-0.05, 0) is 61.0 Å². The summed E-state index contributed by atoms with van der Waals surface area (Å²) < 4.78 is 0. The van der Waals surface area contributed by atoms with E-state index >= 15 is 0 Å². The number of nitrogens with one attached hydrogen (secondary N) is 4. The summed E-state index contributed by atoms with van der Waals surface area (Å²) in [5, 5.41) is 25.3. The fourth-order valence-electron chi connectivity index (χ4n) is 4.20. The number of hydrogen-bond acceptors (Lipinski definition) is 6. The largest absolute Gasteiger partial charge is 0.478 e. The van der Waals surface area contributed by atoms with Crippen LogP contribution >= 0.6 is 0 Å². The topological polar surface area (TPSA) is 212 Å². The van der Waals surface area contributed by atoms with Crippen LogP contribution in [-0.2, 0) is 33.8 Å². The number of aromatic amines is 1. The minimum absolute atomic E-state index is 0. The highest BCUT2D eigenvalue weighted by atomic mass is 16.4. The van der Waals surface area contributed by atoms with E-state index in [9.17, 15) is 24.0 Å². The first-order valence-corrected chi connectivity index (χ1v) is 12.4. The van der Waals surface area contributed by atoms with Crippen molar-refractivity contribution in [3.8, 4) is 0 Å². The van der Waals surface area contributed by atoms with Crippen molar-refractivity contribution < 1.29 is 39.7 Å². The number of hydrogen-bond donors (Lipinski definition) is 6. The van der Waals surface area contributed by atoms with Crippen molar-refractivity contribution in [3.63, 3.8) is 0 Å². The Morgan fingerprint density at radius 1 is 1.00 bits per heavy atom. The summed E-state index contributed by atoms with van der Waals surface area (Å²) in [5.74, 6) is -2.99. The quantitative estimate of drug-likeness (QED) is 0.152. The molecule has 3 aromatic rings. The maximum atomic E-state index is 13.0. The maximum Gasteiger partial charge on any atom is 0.328 e. The van der Waals surface area contributed by atoms with E-state index in [1.807, 2.05) is 25.4 Å². The lowest BCUT2D eigenvalue weighted by Crippen LogP contribution is -2.32. The molecular weight excluding hydrogens is 534 g/mol. The molecule has 1 aromatic heterocycles. The van der Waals surface area contributed by atoms with Gasteiger partial charge in [0, 0.05) is 48.3 Å². The van der Waals surface area contributed by atoms with Crippen molar-refractivity contribution in [3.05, 3.63) is 83.1 Å². The number of likely N-dealkylation sites (N-methyl/N-ethyl adjacent to an activating group) is 1. The van der Waals surface area contributed by atoms with E-state index in [2.05, 4.69) is 27.0 Å². The van der Waals surface area contributed by atoms with E-state index in [4.69, 9.17) is 10.2 Å². The predicted octanol–water partition coefficient (Wildman–Crippen LogP) is 0.840. The van der Waals surface area contributed by atoms with Gasteiger partial charge >= 0.3 is 18.0 Å². The smallest absolute Gasteiger partial charge is 0.328 e. The highest BCUT2D eigenvalue weighted by Gasteiger charge is 2.37. The molecule has 1 aliphatic rings. The number of carboxylic acids is 2. The fraction of sp³-hybridized carbons (Fsp3) is 0.250. The molecule has 13 nitrogen and oxygen atoms in total. The molecule has 0 spiro atoms. The number of benzene rings is 2. The number of carbonyl (C=O) groups excluding carboxylic acids is 3. The van der Waals surface area contributed by atoms with Crippen molar-refractivity contribution in [1.82, 2.24) is 25.8 Å². The number of imide groups is 1. The SMILES string of the molecule is CNCCc1c[nH]c2ccc(CC3NC(=O)N(Cc4cccc(C(=O)NC)c4)C3=O)cc12.O.O=C(O)/C=C\C(=O)O. The molecule has 1 saturated heterocycles. The number of fused-ring (bicyclic) bond motifs is 1. The van der Waals surface area contributed by atoms with Crippen LogP contribution in [0, 0.1) is 0 Å².